The Kier molecular flexibility index (Phi) is 4.76. The summed E-state index contributed by atoms with van der Waals surface area (Å²) in [5.41, 5.74) is 1.84. The summed E-state index contributed by atoms with van der Waals surface area (Å²) in [6.07, 6.45) is 3.42. The molecule has 0 aliphatic heterocycles. The SMILES string of the molecule is O=C(O)c1ccc2[nH]nc(/C=C/c3ccc(F)cc3)c2c1OCCO. The number of halogens is 1. The van der Waals surface area contributed by atoms with Crippen LogP contribution in [0.25, 0.3) is 23.1 Å². The smallest absolute Gasteiger partial charge is 0.339 e. The minimum Gasteiger partial charge on any atom is -0.489 e. The number of H-pyrrole nitrogens is 1. The van der Waals surface area contributed by atoms with Crippen LogP contribution in [0.3, 0.4) is 0 Å². The van der Waals surface area contributed by atoms with Crippen LogP contribution in [0.5, 0.6) is 5.75 Å². The number of hydrogen-bond acceptors (Lipinski definition) is 4. The number of aliphatic hydroxyl groups excluding tert-OH is 1. The summed E-state index contributed by atoms with van der Waals surface area (Å²) in [4.78, 5) is 11.4. The first-order chi connectivity index (χ1) is 12.1. The lowest BCUT2D eigenvalue weighted by Gasteiger charge is -2.09. The molecule has 2 aromatic carbocycles. The Balaban J connectivity index is 2.07. The molecule has 0 aliphatic carbocycles. The highest BCUT2D eigenvalue weighted by atomic mass is 19.1. The standard InChI is InChI=1S/C18H15FN2O4/c19-12-4-1-11(2-5-12)3-7-14-16-15(21-20-14)8-6-13(18(23)24)17(16)25-10-9-22/h1-8,22H,9-10H2,(H,20,21)(H,23,24)/b7-3+. The van der Waals surface area contributed by atoms with Crippen molar-refractivity contribution in [2.45, 2.75) is 0 Å². The molecule has 0 fully saturated rings. The zero-order chi connectivity index (χ0) is 17.8. The summed E-state index contributed by atoms with van der Waals surface area (Å²) < 4.78 is 18.4. The van der Waals surface area contributed by atoms with Gasteiger partial charge in [-0.05, 0) is 35.9 Å². The number of carbonyl (C=O) groups is 1. The Hall–Kier alpha value is -3.19. The number of hydrogen-bond donors (Lipinski definition) is 3. The number of carboxylic acids is 1. The van der Waals surface area contributed by atoms with Gasteiger partial charge in [0, 0.05) is 0 Å². The molecule has 0 saturated carbocycles. The van der Waals surface area contributed by atoms with Crippen molar-refractivity contribution >= 4 is 29.0 Å². The molecule has 0 atom stereocenters. The van der Waals surface area contributed by atoms with Crippen LogP contribution in [0.1, 0.15) is 21.6 Å². The topological polar surface area (TPSA) is 95.4 Å². The lowest BCUT2D eigenvalue weighted by atomic mass is 10.1. The molecule has 1 aromatic heterocycles. The Morgan fingerprint density at radius 2 is 1.96 bits per heavy atom. The van der Waals surface area contributed by atoms with Crippen molar-refractivity contribution in [3.63, 3.8) is 0 Å². The van der Waals surface area contributed by atoms with Gasteiger partial charge in [0.25, 0.3) is 0 Å². The van der Waals surface area contributed by atoms with Gasteiger partial charge in [0.1, 0.15) is 23.7 Å². The van der Waals surface area contributed by atoms with Gasteiger partial charge in [-0.25, -0.2) is 9.18 Å². The lowest BCUT2D eigenvalue weighted by Crippen LogP contribution is -2.07. The molecule has 0 unspecified atom stereocenters. The molecule has 25 heavy (non-hydrogen) atoms. The van der Waals surface area contributed by atoms with Gasteiger partial charge in [-0.2, -0.15) is 5.10 Å². The Bertz CT molecular complexity index is 932. The molecule has 3 N–H and O–H groups in total. The minimum atomic E-state index is -1.13. The molecule has 3 rings (SSSR count). The zero-order valence-electron chi connectivity index (χ0n) is 13.1. The van der Waals surface area contributed by atoms with E-state index in [2.05, 4.69) is 10.2 Å². The number of aliphatic hydroxyl groups is 1. The van der Waals surface area contributed by atoms with Crippen LogP contribution in [0.2, 0.25) is 0 Å². The van der Waals surface area contributed by atoms with E-state index in [9.17, 15) is 14.3 Å². The summed E-state index contributed by atoms with van der Waals surface area (Å²) in [6, 6.07) is 8.95. The van der Waals surface area contributed by atoms with Gasteiger partial charge in [0.2, 0.25) is 0 Å². The van der Waals surface area contributed by atoms with E-state index < -0.39 is 5.97 Å². The van der Waals surface area contributed by atoms with E-state index in [0.717, 1.165) is 5.56 Å². The zero-order valence-corrected chi connectivity index (χ0v) is 13.1. The number of carboxylic acid groups (broad SMARTS) is 1. The van der Waals surface area contributed by atoms with Gasteiger partial charge in [0.15, 0.2) is 0 Å². The van der Waals surface area contributed by atoms with Gasteiger partial charge in [-0.1, -0.05) is 18.2 Å². The number of nitrogens with one attached hydrogen (secondary N) is 1. The maximum absolute atomic E-state index is 13.0. The molecule has 128 valence electrons. The molecular formula is C18H15FN2O4. The monoisotopic (exact) mass is 342 g/mol. The van der Waals surface area contributed by atoms with E-state index in [1.807, 2.05) is 0 Å². The van der Waals surface area contributed by atoms with E-state index in [0.29, 0.717) is 16.6 Å². The van der Waals surface area contributed by atoms with Gasteiger partial charge >= 0.3 is 5.97 Å². The van der Waals surface area contributed by atoms with E-state index >= 15 is 0 Å². The normalized spacial score (nSPS) is 11.3. The number of aromatic carboxylic acids is 1. The number of benzene rings is 2. The fourth-order valence-corrected chi connectivity index (χ4v) is 2.44. The Morgan fingerprint density at radius 1 is 1.20 bits per heavy atom. The van der Waals surface area contributed by atoms with Gasteiger partial charge in [-0.15, -0.1) is 0 Å². The van der Waals surface area contributed by atoms with Crippen molar-refractivity contribution in [3.8, 4) is 5.75 Å². The third-order valence-electron chi connectivity index (χ3n) is 3.58. The summed E-state index contributed by atoms with van der Waals surface area (Å²) in [5.74, 6) is -1.32. The number of nitrogens with zero attached hydrogens (tertiary/aromatic N) is 1. The molecule has 1 heterocycles. The van der Waals surface area contributed by atoms with Crippen molar-refractivity contribution in [2.24, 2.45) is 0 Å². The third-order valence-corrected chi connectivity index (χ3v) is 3.58. The lowest BCUT2D eigenvalue weighted by molar-refractivity contribution is 0.0691. The molecular weight excluding hydrogens is 327 g/mol. The quantitative estimate of drug-likeness (QED) is 0.640. The van der Waals surface area contributed by atoms with Crippen molar-refractivity contribution in [1.29, 1.82) is 0 Å². The number of rotatable bonds is 6. The maximum Gasteiger partial charge on any atom is 0.339 e. The number of ether oxygens (including phenoxy) is 1. The molecule has 0 radical (unpaired) electrons. The first-order valence-electron chi connectivity index (χ1n) is 7.52. The van der Waals surface area contributed by atoms with E-state index in [4.69, 9.17) is 9.84 Å². The largest absolute Gasteiger partial charge is 0.489 e. The minimum absolute atomic E-state index is 0.0150. The van der Waals surface area contributed by atoms with Gasteiger partial charge in [0.05, 0.1) is 23.2 Å². The fourth-order valence-electron chi connectivity index (χ4n) is 2.44. The van der Waals surface area contributed by atoms with Gasteiger partial charge < -0.3 is 14.9 Å². The second kappa shape index (κ2) is 7.14. The van der Waals surface area contributed by atoms with Crippen LogP contribution in [0, 0.1) is 5.82 Å². The molecule has 0 spiro atoms. The second-order valence-electron chi connectivity index (χ2n) is 5.24. The highest BCUT2D eigenvalue weighted by molar-refractivity contribution is 6.02. The van der Waals surface area contributed by atoms with E-state index in [1.54, 1.807) is 30.4 Å². The molecule has 7 heteroatoms. The van der Waals surface area contributed by atoms with Crippen LogP contribution in [0.4, 0.5) is 4.39 Å². The predicted molar refractivity (Wildman–Crippen MR) is 91.0 cm³/mol. The number of fused-ring (bicyclic) bond motifs is 1. The summed E-state index contributed by atoms with van der Waals surface area (Å²) >= 11 is 0. The summed E-state index contributed by atoms with van der Waals surface area (Å²) in [5, 5.41) is 25.8. The third kappa shape index (κ3) is 3.51. The van der Waals surface area contributed by atoms with Crippen LogP contribution in [0.15, 0.2) is 36.4 Å². The summed E-state index contributed by atoms with van der Waals surface area (Å²) in [7, 11) is 0. The van der Waals surface area contributed by atoms with Gasteiger partial charge in [-0.3, -0.25) is 5.10 Å². The predicted octanol–water partition coefficient (Wildman–Crippen LogP) is 2.94. The van der Waals surface area contributed by atoms with Crippen molar-refractivity contribution in [2.75, 3.05) is 13.2 Å². The molecule has 6 nitrogen and oxygen atoms in total. The first kappa shape index (κ1) is 16.7. The molecule has 0 amide bonds. The maximum atomic E-state index is 13.0. The number of aromatic nitrogens is 2. The van der Waals surface area contributed by atoms with Crippen LogP contribution >= 0.6 is 0 Å². The highest BCUT2D eigenvalue weighted by Crippen LogP contribution is 2.32. The molecule has 0 bridgehead atoms. The van der Waals surface area contributed by atoms with E-state index in [1.165, 1.54) is 18.2 Å². The van der Waals surface area contributed by atoms with E-state index in [-0.39, 0.29) is 30.3 Å². The fraction of sp³-hybridized carbons (Fsp3) is 0.111. The van der Waals surface area contributed by atoms with Crippen molar-refractivity contribution in [3.05, 3.63) is 59.0 Å². The first-order valence-corrected chi connectivity index (χ1v) is 7.52. The van der Waals surface area contributed by atoms with Crippen molar-refractivity contribution in [1.82, 2.24) is 10.2 Å². The Morgan fingerprint density at radius 3 is 2.64 bits per heavy atom. The molecule has 0 saturated heterocycles. The average Bonchev–Trinajstić information content (AvgIpc) is 3.02. The van der Waals surface area contributed by atoms with Crippen molar-refractivity contribution < 1.29 is 24.1 Å². The average molecular weight is 342 g/mol. The van der Waals surface area contributed by atoms with Crippen LogP contribution in [-0.4, -0.2) is 39.6 Å². The van der Waals surface area contributed by atoms with Crippen LogP contribution in [-0.2, 0) is 0 Å². The number of aromatic amines is 1. The highest BCUT2D eigenvalue weighted by Gasteiger charge is 2.18. The second-order valence-corrected chi connectivity index (χ2v) is 5.24. The molecule has 0 aliphatic rings. The summed E-state index contributed by atoms with van der Waals surface area (Å²) in [6.45, 7) is -0.278. The van der Waals surface area contributed by atoms with Crippen LogP contribution < -0.4 is 4.74 Å². The Labute approximate surface area is 142 Å². The molecule has 3 aromatic rings.